The third-order valence-corrected chi connectivity index (χ3v) is 27.6. The van der Waals surface area contributed by atoms with Gasteiger partial charge < -0.3 is 9.13 Å². The van der Waals surface area contributed by atoms with Gasteiger partial charge in [0.1, 0.15) is 11.4 Å². The number of nitrogens with zero attached hydrogens (tertiary/aromatic N) is 8. The molecule has 10 aromatic heterocycles. The van der Waals surface area contributed by atoms with Crippen LogP contribution in [0, 0.1) is 0 Å². The first-order valence-corrected chi connectivity index (χ1v) is 40.3. The van der Waals surface area contributed by atoms with Gasteiger partial charge in [0.25, 0.3) is 0 Å². The first-order chi connectivity index (χ1) is 54.6. The summed E-state index contributed by atoms with van der Waals surface area (Å²) in [5.41, 5.74) is 15.1. The molecule has 0 aliphatic heterocycles. The molecule has 0 N–H and O–H groups in total. The molecule has 8 nitrogen and oxygen atoms in total. The lowest BCUT2D eigenvalue weighted by atomic mass is 9.98. The maximum Gasteiger partial charge on any atom is 0.165 e. The van der Waals surface area contributed by atoms with E-state index < -0.39 is 0 Å². The first kappa shape index (κ1) is 60.6. The summed E-state index contributed by atoms with van der Waals surface area (Å²) < 4.78 is 20.2. The summed E-state index contributed by atoms with van der Waals surface area (Å²) in [5.74, 6) is 3.32. The number of aromatic nitrogens is 8. The van der Waals surface area contributed by atoms with E-state index in [4.69, 9.17) is 19.9 Å². The van der Waals surface area contributed by atoms with Gasteiger partial charge in [0.15, 0.2) is 29.1 Å². The Morgan fingerprint density at radius 2 is 0.427 bits per heavy atom. The molecule has 0 saturated heterocycles. The second-order valence-electron chi connectivity index (χ2n) is 28.6. The molecule has 0 aliphatic carbocycles. The maximum atomic E-state index is 6.97. The Labute approximate surface area is 642 Å². The van der Waals surface area contributed by atoms with Crippen molar-refractivity contribution in [3.05, 3.63) is 328 Å². The molecule has 110 heavy (non-hydrogen) atoms. The number of para-hydroxylation sites is 4. The molecular weight excluding hydrogens is 1420 g/mol. The van der Waals surface area contributed by atoms with Crippen molar-refractivity contribution >= 4 is 213 Å². The monoisotopic (exact) mass is 1470 g/mol. The fourth-order valence-electron chi connectivity index (χ4n) is 18.1. The molecule has 0 saturated carbocycles. The fraction of sp³-hybridized carbons (Fsp3) is 0. The Balaban J connectivity index is 0.957. The zero-order valence-corrected chi connectivity index (χ0v) is 61.7. The number of pyridine rings is 1. The molecule has 0 aliphatic rings. The van der Waals surface area contributed by atoms with Gasteiger partial charge in [0.05, 0.1) is 62.9 Å². The number of hydrogen-bond acceptors (Lipinski definition) is 8. The standard InChI is InChI=1S/C98H54N8S4/c1-3-23-56(24-4-1)94-99-95(57-25-5-2-6-26-57)101-96(100-94)58-45-43-55(44-46-58)83-88(103-75-35-15-7-27-59(75)67-47-51-71-63-31-11-19-39-79(63)107-90(71)84(67)103)97(105-77-37-17-9-29-61(77)69-49-53-73-65-33-13-21-41-81(65)109-92(73)86(69)105)102-98(106-78-38-18-10-30-62(78)70-50-54-74-66-34-14-22-42-82(66)110-93(74)87(70)106)89(83)104-76-36-16-8-28-60(76)68-48-52-72-64-32-12-20-40-80(64)108-91(72)85(68)104/h1-54H. The van der Waals surface area contributed by atoms with Crippen LogP contribution in [0.3, 0.4) is 0 Å². The largest absolute Gasteiger partial charge is 0.304 e. The Bertz CT molecular complexity index is 7840. The van der Waals surface area contributed by atoms with Crippen molar-refractivity contribution in [1.82, 2.24) is 38.2 Å². The van der Waals surface area contributed by atoms with E-state index in [1.165, 1.54) is 80.7 Å². The van der Waals surface area contributed by atoms with E-state index in [-0.39, 0.29) is 0 Å². The topological polar surface area (TPSA) is 71.3 Å². The summed E-state index contributed by atoms with van der Waals surface area (Å²) in [7, 11) is 0. The maximum absolute atomic E-state index is 6.97. The summed E-state index contributed by atoms with van der Waals surface area (Å²) in [6.45, 7) is 0. The second kappa shape index (κ2) is 23.0. The highest BCUT2D eigenvalue weighted by atomic mass is 32.1. The van der Waals surface area contributed by atoms with Gasteiger partial charge >= 0.3 is 0 Å². The fourth-order valence-corrected chi connectivity index (χ4v) is 23.1. The molecule has 25 aromatic rings. The van der Waals surface area contributed by atoms with E-state index in [1.54, 1.807) is 0 Å². The second-order valence-corrected chi connectivity index (χ2v) is 32.8. The first-order valence-electron chi connectivity index (χ1n) is 37.0. The van der Waals surface area contributed by atoms with E-state index in [0.717, 1.165) is 138 Å². The van der Waals surface area contributed by atoms with E-state index in [2.05, 4.69) is 309 Å². The van der Waals surface area contributed by atoms with Gasteiger partial charge in [-0.1, -0.05) is 279 Å². The molecule has 0 fully saturated rings. The van der Waals surface area contributed by atoms with E-state index in [9.17, 15) is 0 Å². The number of hydrogen-bond donors (Lipinski definition) is 0. The summed E-state index contributed by atoms with van der Waals surface area (Å²) >= 11 is 7.48. The van der Waals surface area contributed by atoms with Crippen LogP contribution in [0.1, 0.15) is 0 Å². The van der Waals surface area contributed by atoms with Crippen molar-refractivity contribution in [3.8, 4) is 68.3 Å². The van der Waals surface area contributed by atoms with Crippen molar-refractivity contribution < 1.29 is 0 Å². The average Bonchev–Trinajstić information content (AvgIpc) is 1.50. The Morgan fingerprint density at radius 3 is 0.755 bits per heavy atom. The van der Waals surface area contributed by atoms with E-state index in [0.29, 0.717) is 17.5 Å². The predicted octanol–water partition coefficient (Wildman–Crippen LogP) is 27.8. The van der Waals surface area contributed by atoms with Gasteiger partial charge in [-0.25, -0.2) is 19.9 Å². The normalized spacial score (nSPS) is 12.4. The number of rotatable bonds is 8. The number of benzene rings is 15. The molecule has 15 aromatic carbocycles. The molecule has 0 radical (unpaired) electrons. The Hall–Kier alpha value is -13.5. The van der Waals surface area contributed by atoms with Crippen LogP contribution in [0.25, 0.3) is 236 Å². The number of fused-ring (bicyclic) bond motifs is 28. The van der Waals surface area contributed by atoms with Crippen molar-refractivity contribution in [2.75, 3.05) is 0 Å². The van der Waals surface area contributed by atoms with Crippen LogP contribution in [0.4, 0.5) is 0 Å². The molecule has 510 valence electrons. The highest BCUT2D eigenvalue weighted by Gasteiger charge is 2.35. The Morgan fingerprint density at radius 1 is 0.182 bits per heavy atom. The summed E-state index contributed by atoms with van der Waals surface area (Å²) in [4.78, 5) is 23.0. The molecule has 12 heteroatoms. The van der Waals surface area contributed by atoms with Gasteiger partial charge in [-0.3, -0.25) is 9.13 Å². The quantitative estimate of drug-likeness (QED) is 0.152. The third-order valence-electron chi connectivity index (χ3n) is 22.8. The van der Waals surface area contributed by atoms with Gasteiger partial charge in [-0.15, -0.1) is 45.3 Å². The van der Waals surface area contributed by atoms with Crippen LogP contribution in [0.2, 0.25) is 0 Å². The number of thiophene rings is 4. The summed E-state index contributed by atoms with van der Waals surface area (Å²) in [6.07, 6.45) is 0. The Kier molecular flexibility index (Phi) is 12.7. The van der Waals surface area contributed by atoms with Gasteiger partial charge in [0.2, 0.25) is 0 Å². The minimum atomic E-state index is 0.570. The van der Waals surface area contributed by atoms with Crippen LogP contribution >= 0.6 is 45.3 Å². The van der Waals surface area contributed by atoms with Crippen molar-refractivity contribution in [3.63, 3.8) is 0 Å². The zero-order chi connectivity index (χ0) is 71.6. The minimum absolute atomic E-state index is 0.570. The molecule has 0 bridgehead atoms. The van der Waals surface area contributed by atoms with Crippen LogP contribution in [-0.2, 0) is 0 Å². The average molecular weight is 1470 g/mol. The van der Waals surface area contributed by atoms with E-state index >= 15 is 0 Å². The van der Waals surface area contributed by atoms with Gasteiger partial charge in [-0.2, -0.15) is 0 Å². The molecule has 0 atom stereocenters. The molecule has 10 heterocycles. The molecule has 0 spiro atoms. The van der Waals surface area contributed by atoms with Crippen LogP contribution in [0.15, 0.2) is 328 Å². The molecular formula is C98H54N8S4. The predicted molar refractivity (Wildman–Crippen MR) is 468 cm³/mol. The SMILES string of the molecule is c1ccc(-c2nc(-c3ccccc3)nc(-c3ccc(-c4c(-n5c6ccccc6c6ccc7c8ccccc8sc7c65)c(-n5c6ccccc6c6ccc7c8ccccc8sc7c65)nc(-n5c6ccccc6c6ccc7c8ccccc8sc7c65)c4-n4c5ccccc5c5ccc6c7ccccc7sc6c54)cc3)n2)cc1. The zero-order valence-electron chi connectivity index (χ0n) is 58.4. The third kappa shape index (κ3) is 8.47. The minimum Gasteiger partial charge on any atom is -0.304 e. The van der Waals surface area contributed by atoms with Crippen molar-refractivity contribution in [2.24, 2.45) is 0 Å². The highest BCUT2D eigenvalue weighted by Crippen LogP contribution is 2.55. The lowest BCUT2D eigenvalue weighted by molar-refractivity contribution is 0.965. The molecule has 25 rings (SSSR count). The smallest absolute Gasteiger partial charge is 0.165 e. The van der Waals surface area contributed by atoms with Gasteiger partial charge in [-0.05, 0) is 54.1 Å². The summed E-state index contributed by atoms with van der Waals surface area (Å²) in [5, 5.41) is 18.9. The molecule has 0 amide bonds. The van der Waals surface area contributed by atoms with Crippen molar-refractivity contribution in [1.29, 1.82) is 0 Å². The molecule has 0 unspecified atom stereocenters. The van der Waals surface area contributed by atoms with Crippen LogP contribution < -0.4 is 0 Å². The van der Waals surface area contributed by atoms with Crippen LogP contribution in [0.5, 0.6) is 0 Å². The van der Waals surface area contributed by atoms with Crippen molar-refractivity contribution in [2.45, 2.75) is 0 Å². The lowest BCUT2D eigenvalue weighted by Gasteiger charge is -2.27. The van der Waals surface area contributed by atoms with Crippen LogP contribution in [-0.4, -0.2) is 38.2 Å². The highest BCUT2D eigenvalue weighted by molar-refractivity contribution is 7.28. The van der Waals surface area contributed by atoms with Gasteiger partial charge in [0, 0.05) is 127 Å². The summed E-state index contributed by atoms with van der Waals surface area (Å²) in [6, 6.07) is 121. The van der Waals surface area contributed by atoms with E-state index in [1.807, 2.05) is 81.7 Å². The lowest BCUT2D eigenvalue weighted by Crippen LogP contribution is -2.16.